The van der Waals surface area contributed by atoms with Crippen molar-refractivity contribution in [1.82, 2.24) is 4.57 Å². The largest absolute Gasteiger partial charge is 0.491 e. The number of esters is 1. The van der Waals surface area contributed by atoms with Crippen molar-refractivity contribution in [2.24, 2.45) is 4.99 Å². The van der Waals surface area contributed by atoms with Crippen LogP contribution in [0.2, 0.25) is 10.0 Å². The topological polar surface area (TPSA) is 69.9 Å². The van der Waals surface area contributed by atoms with Gasteiger partial charge in [-0.2, -0.15) is 0 Å². The van der Waals surface area contributed by atoms with E-state index in [9.17, 15) is 9.59 Å². The summed E-state index contributed by atoms with van der Waals surface area (Å²) in [5.74, 6) is 0.197. The molecule has 0 fully saturated rings. The average Bonchev–Trinajstić information content (AvgIpc) is 3.09. The van der Waals surface area contributed by atoms with Crippen LogP contribution in [-0.4, -0.2) is 23.2 Å². The molecule has 0 bridgehead atoms. The van der Waals surface area contributed by atoms with E-state index in [-0.39, 0.29) is 18.3 Å². The molecule has 182 valence electrons. The lowest BCUT2D eigenvalue weighted by atomic mass is 9.96. The lowest BCUT2D eigenvalue weighted by molar-refractivity contribution is -0.139. The number of ether oxygens (including phenoxy) is 2. The molecule has 0 spiro atoms. The van der Waals surface area contributed by atoms with Crippen LogP contribution in [0.1, 0.15) is 44.9 Å². The van der Waals surface area contributed by atoms with Crippen LogP contribution in [-0.2, 0) is 9.53 Å². The van der Waals surface area contributed by atoms with Gasteiger partial charge in [-0.15, -0.1) is 0 Å². The van der Waals surface area contributed by atoms with E-state index < -0.39 is 12.0 Å². The molecule has 1 aliphatic heterocycles. The molecule has 0 unspecified atom stereocenters. The summed E-state index contributed by atoms with van der Waals surface area (Å²) in [4.78, 5) is 31.7. The monoisotopic (exact) mass is 530 g/mol. The van der Waals surface area contributed by atoms with Gasteiger partial charge in [-0.25, -0.2) is 9.79 Å². The van der Waals surface area contributed by atoms with Crippen molar-refractivity contribution in [3.8, 4) is 5.75 Å². The zero-order chi connectivity index (χ0) is 25.3. The predicted octanol–water partition coefficient (Wildman–Crippen LogP) is 4.89. The molecule has 0 aliphatic carbocycles. The number of hydrogen-bond donors (Lipinski definition) is 0. The zero-order valence-corrected chi connectivity index (χ0v) is 22.0. The second kappa shape index (κ2) is 10.4. The van der Waals surface area contributed by atoms with Gasteiger partial charge in [0.25, 0.3) is 5.56 Å². The van der Waals surface area contributed by atoms with Gasteiger partial charge in [0.05, 0.1) is 34.6 Å². The highest BCUT2D eigenvalue weighted by molar-refractivity contribution is 7.07. The Morgan fingerprint density at radius 1 is 1.20 bits per heavy atom. The number of carbonyl (C=O) groups is 1. The number of carbonyl (C=O) groups excluding carboxylic acids is 1. The minimum atomic E-state index is -0.693. The quantitative estimate of drug-likeness (QED) is 0.425. The molecular formula is C26H24Cl2N2O4S. The summed E-state index contributed by atoms with van der Waals surface area (Å²) in [6, 6.07) is 11.8. The van der Waals surface area contributed by atoms with Gasteiger partial charge >= 0.3 is 5.97 Å². The first-order chi connectivity index (χ1) is 16.7. The molecule has 3 aromatic rings. The maximum Gasteiger partial charge on any atom is 0.338 e. The van der Waals surface area contributed by atoms with Crippen LogP contribution >= 0.6 is 34.5 Å². The van der Waals surface area contributed by atoms with E-state index in [0.717, 1.165) is 5.56 Å². The molecule has 1 aliphatic rings. The Balaban J connectivity index is 1.91. The molecule has 0 saturated heterocycles. The molecule has 1 atom stereocenters. The van der Waals surface area contributed by atoms with Crippen LogP contribution < -0.4 is 19.6 Å². The first-order valence-corrected chi connectivity index (χ1v) is 12.7. The summed E-state index contributed by atoms with van der Waals surface area (Å²) >= 11 is 13.6. The highest BCUT2D eigenvalue weighted by atomic mass is 35.5. The Labute approximate surface area is 216 Å². The number of aromatic nitrogens is 1. The van der Waals surface area contributed by atoms with E-state index in [1.807, 2.05) is 38.1 Å². The number of thiazole rings is 1. The Morgan fingerprint density at radius 2 is 1.91 bits per heavy atom. The average molecular weight is 531 g/mol. The molecule has 0 N–H and O–H groups in total. The highest BCUT2D eigenvalue weighted by Gasteiger charge is 2.33. The van der Waals surface area contributed by atoms with Crippen molar-refractivity contribution in [2.45, 2.75) is 39.8 Å². The molecule has 0 saturated carbocycles. The van der Waals surface area contributed by atoms with Crippen LogP contribution in [0.5, 0.6) is 5.75 Å². The highest BCUT2D eigenvalue weighted by Crippen LogP contribution is 2.32. The van der Waals surface area contributed by atoms with Gasteiger partial charge in [0.2, 0.25) is 0 Å². The van der Waals surface area contributed by atoms with Gasteiger partial charge in [0.15, 0.2) is 4.80 Å². The summed E-state index contributed by atoms with van der Waals surface area (Å²) in [6.07, 6.45) is 1.73. The van der Waals surface area contributed by atoms with Gasteiger partial charge < -0.3 is 9.47 Å². The van der Waals surface area contributed by atoms with Crippen molar-refractivity contribution < 1.29 is 14.3 Å². The zero-order valence-electron chi connectivity index (χ0n) is 19.7. The molecule has 9 heteroatoms. The summed E-state index contributed by atoms with van der Waals surface area (Å²) in [7, 11) is 0. The van der Waals surface area contributed by atoms with E-state index in [0.29, 0.717) is 42.0 Å². The smallest absolute Gasteiger partial charge is 0.338 e. The molecule has 2 heterocycles. The summed E-state index contributed by atoms with van der Waals surface area (Å²) in [5, 5.41) is 0.942. The fraction of sp³-hybridized carbons (Fsp3) is 0.269. The standard InChI is InChI=1S/C26H24Cl2N2O4S/c1-5-33-25(32)22-15(4)29-26-30(23(22)16-7-10-19(11-8-16)34-14(2)3)24(31)21(35-26)12-17-6-9-18(27)13-20(17)28/h6-14,23H,5H2,1-4H3/b21-12-/t23-/m1/s1. The van der Waals surface area contributed by atoms with Crippen LogP contribution in [0.25, 0.3) is 6.08 Å². The predicted molar refractivity (Wildman–Crippen MR) is 139 cm³/mol. The van der Waals surface area contributed by atoms with Gasteiger partial charge in [0.1, 0.15) is 5.75 Å². The third kappa shape index (κ3) is 5.22. The maximum absolute atomic E-state index is 13.6. The van der Waals surface area contributed by atoms with E-state index >= 15 is 0 Å². The molecule has 2 aromatic carbocycles. The number of fused-ring (bicyclic) bond motifs is 1. The van der Waals surface area contributed by atoms with Crippen LogP contribution in [0, 0.1) is 0 Å². The number of nitrogens with zero attached hydrogens (tertiary/aromatic N) is 2. The van der Waals surface area contributed by atoms with E-state index in [1.165, 1.54) is 15.9 Å². The van der Waals surface area contributed by atoms with Crippen molar-refractivity contribution in [3.63, 3.8) is 0 Å². The van der Waals surface area contributed by atoms with Crippen LogP contribution in [0.15, 0.2) is 63.5 Å². The van der Waals surface area contributed by atoms with E-state index in [1.54, 1.807) is 38.1 Å². The van der Waals surface area contributed by atoms with Gasteiger partial charge in [-0.3, -0.25) is 9.36 Å². The normalized spacial score (nSPS) is 15.7. The third-order valence-corrected chi connectivity index (χ3v) is 6.88. The minimum absolute atomic E-state index is 0.0236. The lowest BCUT2D eigenvalue weighted by Gasteiger charge is -2.25. The fourth-order valence-corrected chi connectivity index (χ4v) is 5.37. The Kier molecular flexibility index (Phi) is 7.50. The molecule has 35 heavy (non-hydrogen) atoms. The number of rotatable bonds is 6. The Bertz CT molecular complexity index is 1490. The second-order valence-electron chi connectivity index (χ2n) is 8.20. The van der Waals surface area contributed by atoms with Gasteiger partial charge in [-0.1, -0.05) is 52.7 Å². The number of allylic oxidation sites excluding steroid dienone is 1. The first kappa shape index (κ1) is 25.2. The SMILES string of the molecule is CCOC(=O)C1=C(C)N=c2s/c(=C\c3ccc(Cl)cc3Cl)c(=O)n2[C@@H]1c1ccc(OC(C)C)cc1. The minimum Gasteiger partial charge on any atom is -0.491 e. The maximum atomic E-state index is 13.6. The molecule has 4 rings (SSSR count). The summed E-state index contributed by atoms with van der Waals surface area (Å²) in [5.41, 5.74) is 1.97. The van der Waals surface area contributed by atoms with E-state index in [2.05, 4.69) is 4.99 Å². The number of halogens is 2. The number of hydrogen-bond acceptors (Lipinski definition) is 6. The van der Waals surface area contributed by atoms with Gasteiger partial charge in [0, 0.05) is 10.0 Å². The molecule has 1 aromatic heterocycles. The first-order valence-electron chi connectivity index (χ1n) is 11.1. The molecule has 0 radical (unpaired) electrons. The van der Waals surface area contributed by atoms with Crippen molar-refractivity contribution in [2.75, 3.05) is 6.61 Å². The fourth-order valence-electron chi connectivity index (χ4n) is 3.87. The summed E-state index contributed by atoms with van der Waals surface area (Å²) in [6.45, 7) is 7.60. The Morgan fingerprint density at radius 3 is 2.54 bits per heavy atom. The van der Waals surface area contributed by atoms with E-state index in [4.69, 9.17) is 32.7 Å². The third-order valence-electron chi connectivity index (χ3n) is 5.33. The van der Waals surface area contributed by atoms with Crippen LogP contribution in [0.3, 0.4) is 0 Å². The van der Waals surface area contributed by atoms with Crippen molar-refractivity contribution in [1.29, 1.82) is 0 Å². The van der Waals surface area contributed by atoms with Crippen LogP contribution in [0.4, 0.5) is 0 Å². The van der Waals surface area contributed by atoms with Crippen molar-refractivity contribution >= 4 is 46.6 Å². The molecular weight excluding hydrogens is 507 g/mol. The molecule has 6 nitrogen and oxygen atoms in total. The Hall–Kier alpha value is -2.87. The second-order valence-corrected chi connectivity index (χ2v) is 10.1. The lowest BCUT2D eigenvalue weighted by Crippen LogP contribution is -2.39. The number of benzene rings is 2. The summed E-state index contributed by atoms with van der Waals surface area (Å²) < 4.78 is 13.1. The van der Waals surface area contributed by atoms with Crippen molar-refractivity contribution in [3.05, 3.63) is 94.6 Å². The molecule has 0 amide bonds. The van der Waals surface area contributed by atoms with Gasteiger partial charge in [-0.05, 0) is 69.2 Å².